The monoisotopic (exact) mass is 398 g/mol. The summed E-state index contributed by atoms with van der Waals surface area (Å²) in [6.07, 6.45) is 3.99. The van der Waals surface area contributed by atoms with Crippen LogP contribution in [0.15, 0.2) is 29.2 Å². The number of benzene rings is 1. The molecule has 0 saturated heterocycles. The van der Waals surface area contributed by atoms with E-state index in [1.807, 2.05) is 6.92 Å². The molecule has 0 unspecified atom stereocenters. The SMILES string of the molecule is Cc1ccc(S(=O)(=O)CC(=O)NCCCNCCCCNCCCN)cc1. The van der Waals surface area contributed by atoms with Gasteiger partial charge in [-0.25, -0.2) is 8.42 Å². The number of rotatable bonds is 15. The quantitative estimate of drug-likeness (QED) is 0.322. The van der Waals surface area contributed by atoms with E-state index in [0.717, 1.165) is 64.0 Å². The van der Waals surface area contributed by atoms with E-state index in [2.05, 4.69) is 16.0 Å². The molecule has 7 nitrogen and oxygen atoms in total. The first kappa shape index (κ1) is 23.6. The van der Waals surface area contributed by atoms with Gasteiger partial charge in [-0.3, -0.25) is 4.79 Å². The average molecular weight is 399 g/mol. The number of nitrogens with two attached hydrogens (primary N) is 1. The van der Waals surface area contributed by atoms with E-state index < -0.39 is 21.5 Å². The lowest BCUT2D eigenvalue weighted by molar-refractivity contribution is -0.118. The van der Waals surface area contributed by atoms with Crippen molar-refractivity contribution < 1.29 is 13.2 Å². The summed E-state index contributed by atoms with van der Waals surface area (Å²) in [5, 5.41) is 9.33. The zero-order valence-corrected chi connectivity index (χ0v) is 17.1. The van der Waals surface area contributed by atoms with Crippen LogP contribution >= 0.6 is 0 Å². The molecule has 5 N–H and O–H groups in total. The summed E-state index contributed by atoms with van der Waals surface area (Å²) >= 11 is 0. The first-order valence-electron chi connectivity index (χ1n) is 9.63. The second-order valence-electron chi connectivity index (χ2n) is 6.62. The van der Waals surface area contributed by atoms with Gasteiger partial charge < -0.3 is 21.7 Å². The lowest BCUT2D eigenvalue weighted by Crippen LogP contribution is -2.32. The molecule has 1 aromatic carbocycles. The second-order valence-corrected chi connectivity index (χ2v) is 8.61. The van der Waals surface area contributed by atoms with Crippen LogP contribution in [0.25, 0.3) is 0 Å². The minimum absolute atomic E-state index is 0.183. The van der Waals surface area contributed by atoms with Crippen molar-refractivity contribution in [3.63, 3.8) is 0 Å². The van der Waals surface area contributed by atoms with Crippen LogP contribution in [0.3, 0.4) is 0 Å². The van der Waals surface area contributed by atoms with Crippen molar-refractivity contribution in [3.8, 4) is 0 Å². The summed E-state index contributed by atoms with van der Waals surface area (Å²) in [6.45, 7) is 6.80. The van der Waals surface area contributed by atoms with Crippen molar-refractivity contribution in [2.45, 2.75) is 37.5 Å². The number of aryl methyl sites for hydroxylation is 1. The van der Waals surface area contributed by atoms with E-state index in [9.17, 15) is 13.2 Å². The van der Waals surface area contributed by atoms with Gasteiger partial charge >= 0.3 is 0 Å². The van der Waals surface area contributed by atoms with Crippen molar-refractivity contribution >= 4 is 15.7 Å². The van der Waals surface area contributed by atoms with Crippen molar-refractivity contribution in [2.75, 3.05) is 45.0 Å². The summed E-state index contributed by atoms with van der Waals surface area (Å²) < 4.78 is 24.4. The zero-order valence-electron chi connectivity index (χ0n) is 16.3. The molecule has 0 aromatic heterocycles. The first-order valence-corrected chi connectivity index (χ1v) is 11.3. The molecule has 0 atom stereocenters. The average Bonchev–Trinajstić information content (AvgIpc) is 2.62. The number of sulfone groups is 1. The summed E-state index contributed by atoms with van der Waals surface area (Å²) in [5.74, 6) is -0.972. The second kappa shape index (κ2) is 13.7. The molecule has 1 aromatic rings. The van der Waals surface area contributed by atoms with Gasteiger partial charge in [-0.2, -0.15) is 0 Å². The molecular formula is C19H34N4O3S. The molecule has 0 radical (unpaired) electrons. The van der Waals surface area contributed by atoms with Crippen LogP contribution in [0.4, 0.5) is 0 Å². The van der Waals surface area contributed by atoms with E-state index in [0.29, 0.717) is 6.54 Å². The molecule has 8 heteroatoms. The van der Waals surface area contributed by atoms with Crippen molar-refractivity contribution in [1.82, 2.24) is 16.0 Å². The van der Waals surface area contributed by atoms with E-state index in [4.69, 9.17) is 5.73 Å². The van der Waals surface area contributed by atoms with Crippen LogP contribution in [0.1, 0.15) is 31.2 Å². The van der Waals surface area contributed by atoms with Gasteiger partial charge in [-0.1, -0.05) is 17.7 Å². The van der Waals surface area contributed by atoms with Gasteiger partial charge in [0.25, 0.3) is 0 Å². The summed E-state index contributed by atoms with van der Waals surface area (Å²) in [5.41, 5.74) is 6.40. The number of amides is 1. The van der Waals surface area contributed by atoms with Crippen LogP contribution in [0, 0.1) is 6.92 Å². The Morgan fingerprint density at radius 1 is 0.889 bits per heavy atom. The maximum atomic E-state index is 12.2. The molecule has 154 valence electrons. The third kappa shape index (κ3) is 11.1. The number of unbranched alkanes of at least 4 members (excludes halogenated alkanes) is 1. The summed E-state index contributed by atoms with van der Waals surface area (Å²) in [6, 6.07) is 6.53. The zero-order chi connectivity index (χ0) is 20.0. The van der Waals surface area contributed by atoms with Gasteiger partial charge in [0.1, 0.15) is 5.75 Å². The number of carbonyl (C=O) groups excluding carboxylic acids is 1. The third-order valence-electron chi connectivity index (χ3n) is 4.07. The van der Waals surface area contributed by atoms with Crippen LogP contribution in [0.5, 0.6) is 0 Å². The van der Waals surface area contributed by atoms with Crippen LogP contribution < -0.4 is 21.7 Å². The number of hydrogen-bond acceptors (Lipinski definition) is 6. The fourth-order valence-electron chi connectivity index (χ4n) is 2.47. The first-order chi connectivity index (χ1) is 13.0. The predicted octanol–water partition coefficient (Wildman–Crippen LogP) is 0.583. The van der Waals surface area contributed by atoms with Gasteiger partial charge in [0.2, 0.25) is 5.91 Å². The van der Waals surface area contributed by atoms with Crippen LogP contribution in [-0.2, 0) is 14.6 Å². The van der Waals surface area contributed by atoms with E-state index in [1.54, 1.807) is 12.1 Å². The smallest absolute Gasteiger partial charge is 0.235 e. The molecule has 1 amide bonds. The Labute approximate surface area is 163 Å². The highest BCUT2D eigenvalue weighted by atomic mass is 32.2. The molecule has 0 spiro atoms. The van der Waals surface area contributed by atoms with Crippen molar-refractivity contribution in [2.24, 2.45) is 5.73 Å². The molecular weight excluding hydrogens is 364 g/mol. The Hall–Kier alpha value is -1.48. The van der Waals surface area contributed by atoms with Crippen LogP contribution in [-0.4, -0.2) is 59.3 Å². The lowest BCUT2D eigenvalue weighted by atomic mass is 10.2. The Balaban J connectivity index is 2.05. The molecule has 27 heavy (non-hydrogen) atoms. The highest BCUT2D eigenvalue weighted by Crippen LogP contribution is 2.11. The Kier molecular flexibility index (Phi) is 11.9. The van der Waals surface area contributed by atoms with Crippen LogP contribution in [0.2, 0.25) is 0 Å². The van der Waals surface area contributed by atoms with Gasteiger partial charge in [0.15, 0.2) is 9.84 Å². The third-order valence-corrected chi connectivity index (χ3v) is 5.70. The topological polar surface area (TPSA) is 113 Å². The maximum absolute atomic E-state index is 12.2. The Morgan fingerprint density at radius 2 is 1.44 bits per heavy atom. The molecule has 0 aliphatic carbocycles. The number of hydrogen-bond donors (Lipinski definition) is 4. The highest BCUT2D eigenvalue weighted by Gasteiger charge is 2.18. The normalized spacial score (nSPS) is 11.5. The van der Waals surface area contributed by atoms with Crippen molar-refractivity contribution in [1.29, 1.82) is 0 Å². The molecule has 0 bridgehead atoms. The van der Waals surface area contributed by atoms with Gasteiger partial charge in [0.05, 0.1) is 4.90 Å². The summed E-state index contributed by atoms with van der Waals surface area (Å²) in [7, 11) is -3.58. The van der Waals surface area contributed by atoms with E-state index >= 15 is 0 Å². The molecule has 1 rings (SSSR count). The summed E-state index contributed by atoms with van der Waals surface area (Å²) in [4.78, 5) is 12.0. The predicted molar refractivity (Wildman–Crippen MR) is 110 cm³/mol. The molecule has 0 fully saturated rings. The fourth-order valence-corrected chi connectivity index (χ4v) is 3.64. The minimum atomic E-state index is -3.58. The lowest BCUT2D eigenvalue weighted by Gasteiger charge is -2.08. The van der Waals surface area contributed by atoms with Gasteiger partial charge in [-0.15, -0.1) is 0 Å². The Bertz CT molecular complexity index is 633. The van der Waals surface area contributed by atoms with Gasteiger partial charge in [0, 0.05) is 6.54 Å². The largest absolute Gasteiger partial charge is 0.355 e. The fraction of sp³-hybridized carbons (Fsp3) is 0.632. The standard InChI is InChI=1S/C19H34N4O3S/c1-17-6-8-18(9-7-17)27(25,26)16-19(24)23-15-5-14-22-12-3-2-11-21-13-4-10-20/h6-9,21-22H,2-5,10-16,20H2,1H3,(H,23,24). The van der Waals surface area contributed by atoms with Gasteiger partial charge in [-0.05, 0) is 77.5 Å². The highest BCUT2D eigenvalue weighted by molar-refractivity contribution is 7.92. The van der Waals surface area contributed by atoms with E-state index in [1.165, 1.54) is 12.1 Å². The Morgan fingerprint density at radius 3 is 2.04 bits per heavy atom. The molecule has 0 aliphatic rings. The minimum Gasteiger partial charge on any atom is -0.355 e. The molecule has 0 saturated carbocycles. The number of nitrogens with one attached hydrogen (secondary N) is 3. The van der Waals surface area contributed by atoms with Crippen molar-refractivity contribution in [3.05, 3.63) is 29.8 Å². The van der Waals surface area contributed by atoms with E-state index in [-0.39, 0.29) is 4.90 Å². The molecule has 0 heterocycles. The molecule has 0 aliphatic heterocycles. The number of carbonyl (C=O) groups is 1. The maximum Gasteiger partial charge on any atom is 0.235 e.